The third kappa shape index (κ3) is 2.77. The number of rotatable bonds is 3. The van der Waals surface area contributed by atoms with Gasteiger partial charge in [-0.1, -0.05) is 6.07 Å². The van der Waals surface area contributed by atoms with Crippen LogP contribution < -0.4 is 4.52 Å². The number of nitro groups is 1. The minimum Gasteiger partial charge on any atom is -0.258 e. The molecule has 1 aromatic carbocycles. The van der Waals surface area contributed by atoms with Crippen molar-refractivity contribution in [1.29, 1.82) is 0 Å². The fraction of sp³-hybridized carbons (Fsp3) is 0. The Kier molecular flexibility index (Phi) is 2.89. The largest absolute Gasteiger partial charge is 0.747 e. The average Bonchev–Trinajstić information content (AvgIpc) is 2.03. The van der Waals surface area contributed by atoms with Crippen molar-refractivity contribution in [3.63, 3.8) is 0 Å². The van der Waals surface area contributed by atoms with E-state index in [2.05, 4.69) is 4.52 Å². The van der Waals surface area contributed by atoms with E-state index in [0.717, 1.165) is 6.07 Å². The zero-order valence-corrected chi connectivity index (χ0v) is 7.18. The van der Waals surface area contributed by atoms with Gasteiger partial charge in [-0.15, -0.1) is 4.89 Å². The summed E-state index contributed by atoms with van der Waals surface area (Å²) in [6, 6.07) is 5.06. The van der Waals surface area contributed by atoms with E-state index in [-0.39, 0.29) is 11.4 Å². The lowest BCUT2D eigenvalue weighted by atomic mass is 10.3. The summed E-state index contributed by atoms with van der Waals surface area (Å²) < 4.78 is 14.6. The summed E-state index contributed by atoms with van der Waals surface area (Å²) in [5.41, 5.74) is -0.186. The third-order valence-corrected chi connectivity index (χ3v) is 1.58. The van der Waals surface area contributed by atoms with Crippen molar-refractivity contribution in [2.24, 2.45) is 0 Å². The second kappa shape index (κ2) is 3.93. The first-order valence-electron chi connectivity index (χ1n) is 3.18. The zero-order valence-electron chi connectivity index (χ0n) is 6.28. The maximum absolute atomic E-state index is 10.3. The second-order valence-electron chi connectivity index (χ2n) is 2.08. The molecule has 13 heavy (non-hydrogen) atoms. The predicted molar refractivity (Wildman–Crippen MR) is 43.5 cm³/mol. The molecule has 0 saturated heterocycles. The molecule has 0 spiro atoms. The van der Waals surface area contributed by atoms with Gasteiger partial charge in [-0.2, -0.15) is 0 Å². The predicted octanol–water partition coefficient (Wildman–Crippen LogP) is 1.62. The molecule has 0 bridgehead atoms. The molecule has 0 amide bonds. The summed E-state index contributed by atoms with van der Waals surface area (Å²) in [4.78, 5) is 18.0. The Labute approximate surface area is 73.9 Å². The molecule has 7 heteroatoms. The van der Waals surface area contributed by atoms with Crippen LogP contribution in [0.2, 0.25) is 0 Å². The minimum atomic E-state index is -2.78. The normalized spacial score (nSPS) is 10.7. The smallest absolute Gasteiger partial charge is 0.258 e. The van der Waals surface area contributed by atoms with Crippen molar-refractivity contribution < 1.29 is 18.9 Å². The molecule has 1 aromatic rings. The molecule has 0 aliphatic carbocycles. The molecule has 0 fully saturated rings. The molecule has 6 nitrogen and oxygen atoms in total. The van der Waals surface area contributed by atoms with Crippen LogP contribution in [0.3, 0.4) is 0 Å². The monoisotopic (exact) mass is 202 g/mol. The van der Waals surface area contributed by atoms with E-state index in [4.69, 9.17) is 4.89 Å². The number of nitro benzene ring substituents is 1. The summed E-state index contributed by atoms with van der Waals surface area (Å²) >= 11 is 0. The maximum Gasteiger partial charge on any atom is 0.747 e. The van der Waals surface area contributed by atoms with E-state index >= 15 is 0 Å². The number of hydrogen-bond donors (Lipinski definition) is 1. The molecule has 0 aliphatic rings. The lowest BCUT2D eigenvalue weighted by Gasteiger charge is -1.91. The van der Waals surface area contributed by atoms with Gasteiger partial charge in [-0.3, -0.25) is 10.1 Å². The number of nitrogens with zero attached hydrogens (tertiary/aromatic N) is 1. The zero-order chi connectivity index (χ0) is 9.84. The number of benzene rings is 1. The summed E-state index contributed by atoms with van der Waals surface area (Å²) in [6.07, 6.45) is 0. The van der Waals surface area contributed by atoms with Gasteiger partial charge >= 0.3 is 8.25 Å². The quantitative estimate of drug-likeness (QED) is 0.457. The van der Waals surface area contributed by atoms with Crippen molar-refractivity contribution >= 4 is 13.9 Å². The van der Waals surface area contributed by atoms with Crippen LogP contribution >= 0.6 is 8.25 Å². The topological polar surface area (TPSA) is 89.7 Å². The molecular formula is C6H5NO5P+. The Balaban J connectivity index is 2.91. The van der Waals surface area contributed by atoms with Crippen molar-refractivity contribution in [2.45, 2.75) is 0 Å². The molecule has 1 atom stereocenters. The molecule has 1 unspecified atom stereocenters. The van der Waals surface area contributed by atoms with Gasteiger partial charge in [-0.25, -0.2) is 4.52 Å². The summed E-state index contributed by atoms with van der Waals surface area (Å²) in [5, 5.41) is 10.3. The Morgan fingerprint density at radius 1 is 1.54 bits per heavy atom. The summed E-state index contributed by atoms with van der Waals surface area (Å²) in [7, 11) is -2.78. The molecule has 1 rings (SSSR count). The highest BCUT2D eigenvalue weighted by Gasteiger charge is 2.16. The fourth-order valence-corrected chi connectivity index (χ4v) is 1.04. The van der Waals surface area contributed by atoms with Crippen molar-refractivity contribution in [2.75, 3.05) is 0 Å². The van der Waals surface area contributed by atoms with Gasteiger partial charge in [0, 0.05) is 10.6 Å². The van der Waals surface area contributed by atoms with Gasteiger partial charge in [0.1, 0.15) is 0 Å². The molecule has 68 valence electrons. The highest BCUT2D eigenvalue weighted by molar-refractivity contribution is 7.32. The van der Waals surface area contributed by atoms with Crippen LogP contribution in [-0.4, -0.2) is 9.82 Å². The van der Waals surface area contributed by atoms with Gasteiger partial charge < -0.3 is 0 Å². The van der Waals surface area contributed by atoms with Crippen LogP contribution in [0.1, 0.15) is 0 Å². The van der Waals surface area contributed by atoms with Gasteiger partial charge in [0.25, 0.3) is 5.69 Å². The molecule has 1 N–H and O–H groups in total. The van der Waals surface area contributed by atoms with Crippen molar-refractivity contribution in [3.8, 4) is 5.75 Å². The first kappa shape index (κ1) is 9.57. The van der Waals surface area contributed by atoms with E-state index in [0.29, 0.717) is 0 Å². The SMILES string of the molecule is O=[N+]([O-])c1cccc(O[P+](=O)O)c1. The van der Waals surface area contributed by atoms with E-state index in [1.807, 2.05) is 0 Å². The second-order valence-corrected chi connectivity index (χ2v) is 2.74. The lowest BCUT2D eigenvalue weighted by molar-refractivity contribution is -0.384. The summed E-state index contributed by atoms with van der Waals surface area (Å²) in [5.74, 6) is -0.00203. The first-order chi connectivity index (χ1) is 6.09. The van der Waals surface area contributed by atoms with Crippen LogP contribution in [0.15, 0.2) is 24.3 Å². The molecule has 0 aliphatic heterocycles. The standard InChI is InChI=1S/C6H4NO5P/c8-7(9)5-2-1-3-6(4-5)12-13(10)11/h1-4H/p+1. The highest BCUT2D eigenvalue weighted by atomic mass is 31.1. The number of hydrogen-bond acceptors (Lipinski definition) is 4. The van der Waals surface area contributed by atoms with E-state index in [1.54, 1.807) is 0 Å². The van der Waals surface area contributed by atoms with Gasteiger partial charge in [0.05, 0.1) is 11.0 Å². The molecule has 0 saturated carbocycles. The Bertz CT molecular complexity index is 353. The van der Waals surface area contributed by atoms with Gasteiger partial charge in [-0.05, 0) is 6.07 Å². The van der Waals surface area contributed by atoms with E-state index < -0.39 is 13.2 Å². The van der Waals surface area contributed by atoms with Crippen LogP contribution in [0, 0.1) is 10.1 Å². The third-order valence-electron chi connectivity index (χ3n) is 1.21. The Hall–Kier alpha value is -1.52. The van der Waals surface area contributed by atoms with Gasteiger partial charge in [0.2, 0.25) is 0 Å². The molecular weight excluding hydrogens is 197 g/mol. The van der Waals surface area contributed by atoms with Crippen molar-refractivity contribution in [1.82, 2.24) is 0 Å². The average molecular weight is 202 g/mol. The minimum absolute atomic E-state index is 0.00203. The van der Waals surface area contributed by atoms with Crippen LogP contribution in [0.4, 0.5) is 5.69 Å². The Morgan fingerprint density at radius 2 is 2.23 bits per heavy atom. The van der Waals surface area contributed by atoms with Crippen molar-refractivity contribution in [3.05, 3.63) is 34.4 Å². The highest BCUT2D eigenvalue weighted by Crippen LogP contribution is 2.25. The lowest BCUT2D eigenvalue weighted by Crippen LogP contribution is -1.88. The maximum atomic E-state index is 10.3. The van der Waals surface area contributed by atoms with E-state index in [9.17, 15) is 14.7 Å². The first-order valence-corrected chi connectivity index (χ1v) is 4.31. The summed E-state index contributed by atoms with van der Waals surface area (Å²) in [6.45, 7) is 0. The number of non-ortho nitro benzene ring substituents is 1. The van der Waals surface area contributed by atoms with Crippen LogP contribution in [0.5, 0.6) is 5.75 Å². The van der Waals surface area contributed by atoms with Gasteiger partial charge in [0.15, 0.2) is 5.75 Å². The molecule has 0 aromatic heterocycles. The fourth-order valence-electron chi connectivity index (χ4n) is 0.744. The van der Waals surface area contributed by atoms with E-state index in [1.165, 1.54) is 18.2 Å². The van der Waals surface area contributed by atoms with Crippen LogP contribution in [0.25, 0.3) is 0 Å². The molecule has 0 heterocycles. The molecule has 0 radical (unpaired) electrons. The Morgan fingerprint density at radius 3 is 2.77 bits per heavy atom. The van der Waals surface area contributed by atoms with Crippen LogP contribution in [-0.2, 0) is 4.57 Å².